The van der Waals surface area contributed by atoms with E-state index in [1.54, 1.807) is 0 Å². The first-order valence-electron chi connectivity index (χ1n) is 29.0. The van der Waals surface area contributed by atoms with Crippen LogP contribution in [0.2, 0.25) is 165 Å². The van der Waals surface area contributed by atoms with Gasteiger partial charge in [-0.25, -0.2) is 0 Å². The predicted octanol–water partition coefficient (Wildman–Crippen LogP) is 24.6. The monoisotopic (exact) mass is 1270 g/mol. The predicted molar refractivity (Wildman–Crippen MR) is 395 cm³/mol. The van der Waals surface area contributed by atoms with E-state index in [2.05, 4.69) is 203 Å². The normalized spacial score (nSPS) is 13.3. The fourth-order valence-electron chi connectivity index (χ4n) is 7.28. The molecule has 0 aromatic heterocycles. The molecular formula is C64H164O7Si8. The van der Waals surface area contributed by atoms with Crippen LogP contribution in [-0.4, -0.2) is 125 Å². The second-order valence-electron chi connectivity index (χ2n) is 30.8. The third-order valence-electron chi connectivity index (χ3n) is 18.9. The quantitative estimate of drug-likeness (QED) is 0.0470. The van der Waals surface area contributed by atoms with Crippen LogP contribution < -0.4 is 0 Å². The van der Waals surface area contributed by atoms with Crippen LogP contribution in [0, 0.1) is 0 Å². The lowest BCUT2D eigenvalue weighted by Gasteiger charge is -2.39. The van der Waals surface area contributed by atoms with Gasteiger partial charge in [-0.1, -0.05) is 222 Å². The molecule has 0 unspecified atom stereocenters. The summed E-state index contributed by atoms with van der Waals surface area (Å²) in [5, 5.41) is 1.29. The third-order valence-corrected chi connectivity index (χ3v) is 54.8. The van der Waals surface area contributed by atoms with Gasteiger partial charge in [-0.3, -0.25) is 0 Å². The Kier molecular flexibility index (Phi) is 54.9. The molecule has 0 atom stereocenters. The molecule has 494 valence electrons. The highest BCUT2D eigenvalue weighted by Crippen LogP contribution is 2.41. The highest BCUT2D eigenvalue weighted by Gasteiger charge is 2.42. The number of rotatable bonds is 34. The lowest BCUT2D eigenvalue weighted by Crippen LogP contribution is -2.44. The molecular weight excluding hydrogens is 1110 g/mol. The maximum absolute atomic E-state index is 6.67. The Balaban J connectivity index is -0.000000197. The molecule has 0 aliphatic rings. The highest BCUT2D eigenvalue weighted by molar-refractivity contribution is 6.81. The fraction of sp³-hybridized carbons (Fsp3) is 1.00. The van der Waals surface area contributed by atoms with Crippen LogP contribution in [0.1, 0.15) is 196 Å². The van der Waals surface area contributed by atoms with Crippen LogP contribution in [0.4, 0.5) is 0 Å². The standard InChI is InChI=1S/C41H96O6Si6.C15H36OSi2.8CH4/c1-38(2,3)48(13,14)44-28-34-52(21,35-29-45-49(15,16)39(4,5)6)32-26-42-24-23-25-43-27-33-53(22,36-30-46-50(17,18)40(7,8)9)37-31-47-51(19,20)41(10,11)12;1-9-12-18(8,13-10-2)14-11-16-17(6,7)15(3,4)5;;;;;;;;/h23-37H2,1-22H3;9-14H2,1-8H3;8*1H4. The second-order valence-corrected chi connectivity index (χ2v) is 70.2. The van der Waals surface area contributed by atoms with Crippen LogP contribution in [0.3, 0.4) is 0 Å². The van der Waals surface area contributed by atoms with Gasteiger partial charge >= 0.3 is 0 Å². The van der Waals surface area contributed by atoms with Crippen LogP contribution in [0.15, 0.2) is 0 Å². The summed E-state index contributed by atoms with van der Waals surface area (Å²) in [6, 6.07) is 11.3. The van der Waals surface area contributed by atoms with E-state index in [-0.39, 0.29) is 79.6 Å². The second kappa shape index (κ2) is 42.4. The molecule has 0 radical (unpaired) electrons. The van der Waals surface area contributed by atoms with Crippen molar-refractivity contribution in [1.82, 2.24) is 0 Å². The Morgan fingerprint density at radius 1 is 0.228 bits per heavy atom. The maximum atomic E-state index is 6.67. The van der Waals surface area contributed by atoms with E-state index in [0.717, 1.165) is 78.0 Å². The molecule has 0 heterocycles. The Morgan fingerprint density at radius 2 is 0.380 bits per heavy atom. The van der Waals surface area contributed by atoms with E-state index in [9.17, 15) is 0 Å². The Hall–Kier alpha value is 1.46. The minimum Gasteiger partial charge on any atom is -0.417 e. The molecule has 15 heteroatoms. The molecule has 0 aromatic carbocycles. The van der Waals surface area contributed by atoms with Crippen LogP contribution >= 0.6 is 0 Å². The van der Waals surface area contributed by atoms with Crippen molar-refractivity contribution in [3.63, 3.8) is 0 Å². The van der Waals surface area contributed by atoms with Crippen LogP contribution in [0.5, 0.6) is 0 Å². The Labute approximate surface area is 514 Å². The Morgan fingerprint density at radius 3 is 0.532 bits per heavy atom. The van der Waals surface area contributed by atoms with Gasteiger partial charge in [0.05, 0.1) is 24.2 Å². The van der Waals surface area contributed by atoms with Gasteiger partial charge in [0, 0.05) is 59.5 Å². The van der Waals surface area contributed by atoms with Gasteiger partial charge in [-0.05, 0) is 139 Å². The first kappa shape index (κ1) is 102. The van der Waals surface area contributed by atoms with Crippen molar-refractivity contribution in [1.29, 1.82) is 0 Å². The molecule has 79 heavy (non-hydrogen) atoms. The Bertz CT molecular complexity index is 1270. The van der Waals surface area contributed by atoms with Crippen molar-refractivity contribution in [3.05, 3.63) is 0 Å². The van der Waals surface area contributed by atoms with Crippen molar-refractivity contribution in [2.75, 3.05) is 59.5 Å². The van der Waals surface area contributed by atoms with Gasteiger partial charge < -0.3 is 31.6 Å². The van der Waals surface area contributed by atoms with E-state index >= 15 is 0 Å². The van der Waals surface area contributed by atoms with Crippen molar-refractivity contribution in [3.8, 4) is 0 Å². The summed E-state index contributed by atoms with van der Waals surface area (Å²) in [6.45, 7) is 78.7. The highest BCUT2D eigenvalue weighted by atomic mass is 28.4. The summed E-state index contributed by atoms with van der Waals surface area (Å²) >= 11 is 0. The van der Waals surface area contributed by atoms with E-state index in [4.69, 9.17) is 31.6 Å². The minimum atomic E-state index is -1.76. The molecule has 0 amide bonds. The van der Waals surface area contributed by atoms with E-state index in [1.165, 1.54) is 55.2 Å². The first-order valence-corrected chi connectivity index (χ1v) is 52.9. The van der Waals surface area contributed by atoms with Gasteiger partial charge in [-0.15, -0.1) is 0 Å². The van der Waals surface area contributed by atoms with Gasteiger partial charge in [0.25, 0.3) is 0 Å². The van der Waals surface area contributed by atoms with Gasteiger partial charge in [0.15, 0.2) is 41.6 Å². The average Bonchev–Trinajstić information content (AvgIpc) is 3.15. The molecule has 0 aliphatic carbocycles. The topological polar surface area (TPSA) is 64.6 Å². The van der Waals surface area contributed by atoms with E-state index < -0.39 is 65.8 Å². The molecule has 0 N–H and O–H groups in total. The summed E-state index contributed by atoms with van der Waals surface area (Å²) in [6.07, 6.45) is 3.65. The van der Waals surface area contributed by atoms with Crippen molar-refractivity contribution < 1.29 is 31.6 Å². The lowest BCUT2D eigenvalue weighted by molar-refractivity contribution is 0.0929. The SMILES string of the molecule is C.C.C.C.C.C.C.C.CC(C)(C)[Si](C)(C)OCC[Si](C)(CCOCCCOCC[Si](C)(CCO[Si](C)(C)C(C)(C)C)CCO[Si](C)(C)C(C)(C)C)CCO[Si](C)(C)C(C)(C)C.CCC[Si](C)(CCC)CCO[Si](C)(C)C(C)(C)C. The molecule has 7 nitrogen and oxygen atoms in total. The van der Waals surface area contributed by atoms with Crippen molar-refractivity contribution in [2.45, 2.75) is 361 Å². The molecule has 0 fully saturated rings. The number of hydrogen-bond donors (Lipinski definition) is 0. The molecule has 0 rings (SSSR count). The molecule has 0 aromatic rings. The summed E-state index contributed by atoms with van der Waals surface area (Å²) in [5.41, 5.74) is 0. The van der Waals surface area contributed by atoms with Gasteiger partial charge in [0.2, 0.25) is 0 Å². The summed E-state index contributed by atoms with van der Waals surface area (Å²) in [4.78, 5) is 0. The smallest absolute Gasteiger partial charge is 0.191 e. The molecule has 0 saturated heterocycles. The zero-order valence-corrected chi connectivity index (χ0v) is 62.2. The molecule has 0 saturated carbocycles. The number of hydrogen-bond acceptors (Lipinski definition) is 7. The van der Waals surface area contributed by atoms with Crippen molar-refractivity contribution in [2.24, 2.45) is 0 Å². The van der Waals surface area contributed by atoms with Crippen LogP contribution in [-0.2, 0) is 31.6 Å². The van der Waals surface area contributed by atoms with Gasteiger partial charge in [0.1, 0.15) is 0 Å². The third kappa shape index (κ3) is 40.5. The van der Waals surface area contributed by atoms with Gasteiger partial charge in [-0.2, -0.15) is 0 Å². The molecule has 0 spiro atoms. The van der Waals surface area contributed by atoms with Crippen molar-refractivity contribution >= 4 is 65.8 Å². The zero-order valence-electron chi connectivity index (χ0n) is 54.2. The minimum absolute atomic E-state index is 0. The summed E-state index contributed by atoms with van der Waals surface area (Å²) in [5.74, 6) is 0. The van der Waals surface area contributed by atoms with E-state index in [1.807, 2.05) is 0 Å². The first-order chi connectivity index (χ1) is 31.6. The molecule has 0 bridgehead atoms. The summed E-state index contributed by atoms with van der Waals surface area (Å²) < 4.78 is 45.6. The molecule has 0 aliphatic heterocycles. The van der Waals surface area contributed by atoms with E-state index in [0.29, 0.717) is 5.04 Å². The lowest BCUT2D eigenvalue weighted by atomic mass is 10.2. The number of ether oxygens (including phenoxy) is 2. The summed E-state index contributed by atoms with van der Waals surface area (Å²) in [7, 11) is -12.8. The van der Waals surface area contributed by atoms with Crippen LogP contribution in [0.25, 0.3) is 0 Å². The maximum Gasteiger partial charge on any atom is 0.191 e. The average molecular weight is 1270 g/mol. The zero-order chi connectivity index (χ0) is 56.3. The largest absolute Gasteiger partial charge is 0.417 e. The fourth-order valence-corrected chi connectivity index (χ4v) is 22.4.